The average Bonchev–Trinajstić information content (AvgIpc) is 3.24. The summed E-state index contributed by atoms with van der Waals surface area (Å²) in [7, 11) is -3.61. The number of fused-ring (bicyclic) bond motifs is 1. The van der Waals surface area contributed by atoms with Crippen molar-refractivity contribution in [2.45, 2.75) is 37.0 Å². The molecule has 2 aromatic heterocycles. The summed E-state index contributed by atoms with van der Waals surface area (Å²) < 4.78 is 52.1. The summed E-state index contributed by atoms with van der Waals surface area (Å²) in [6.45, 7) is 2.41. The molecule has 142 valence electrons. The maximum Gasteiger partial charge on any atom is 0.250 e. The Labute approximate surface area is 154 Å². The molecular formula is C17H17F2N5O2S. The van der Waals surface area contributed by atoms with Crippen LogP contribution in [0, 0.1) is 11.6 Å². The number of anilines is 1. The van der Waals surface area contributed by atoms with Crippen molar-refractivity contribution in [2.75, 3.05) is 11.6 Å². The number of aromatic nitrogens is 4. The third-order valence-electron chi connectivity index (χ3n) is 4.59. The molecule has 0 unspecified atom stereocenters. The summed E-state index contributed by atoms with van der Waals surface area (Å²) in [5.41, 5.74) is 1.12. The van der Waals surface area contributed by atoms with Gasteiger partial charge in [0.15, 0.2) is 17.3 Å². The SMILES string of the molecule is CCn1ncc2c(N[C@@H]3C[C@H]3c3ccc(F)c(F)c3)nc(S(C)(=O)=O)nc21. The molecule has 0 amide bonds. The predicted molar refractivity (Wildman–Crippen MR) is 95.2 cm³/mol. The molecule has 4 rings (SSSR count). The molecule has 1 aromatic carbocycles. The number of aryl methyl sites for hydroxylation is 1. The lowest BCUT2D eigenvalue weighted by Gasteiger charge is -2.09. The van der Waals surface area contributed by atoms with Gasteiger partial charge < -0.3 is 5.32 Å². The highest BCUT2D eigenvalue weighted by atomic mass is 32.2. The minimum absolute atomic E-state index is 0.00646. The Balaban J connectivity index is 1.68. The number of nitrogens with one attached hydrogen (secondary N) is 1. The Kier molecular flexibility index (Phi) is 4.10. The maximum absolute atomic E-state index is 13.5. The van der Waals surface area contributed by atoms with E-state index in [2.05, 4.69) is 20.4 Å². The van der Waals surface area contributed by atoms with Gasteiger partial charge in [-0.3, -0.25) is 0 Å². The average molecular weight is 393 g/mol. The fraction of sp³-hybridized carbons (Fsp3) is 0.353. The zero-order chi connectivity index (χ0) is 19.3. The lowest BCUT2D eigenvalue weighted by atomic mass is 10.1. The van der Waals surface area contributed by atoms with Crippen LogP contribution in [0.3, 0.4) is 0 Å². The Morgan fingerprint density at radius 1 is 1.26 bits per heavy atom. The van der Waals surface area contributed by atoms with E-state index in [4.69, 9.17) is 0 Å². The van der Waals surface area contributed by atoms with Gasteiger partial charge >= 0.3 is 0 Å². The molecule has 0 bridgehead atoms. The number of rotatable bonds is 5. The molecule has 1 aliphatic rings. The first kappa shape index (κ1) is 17.8. The highest BCUT2D eigenvalue weighted by Crippen LogP contribution is 2.43. The number of hydrogen-bond donors (Lipinski definition) is 1. The van der Waals surface area contributed by atoms with Crippen molar-refractivity contribution >= 4 is 26.7 Å². The van der Waals surface area contributed by atoms with Gasteiger partial charge in [0.25, 0.3) is 5.16 Å². The first-order chi connectivity index (χ1) is 12.8. The van der Waals surface area contributed by atoms with Crippen molar-refractivity contribution in [1.29, 1.82) is 0 Å². The van der Waals surface area contributed by atoms with Crippen LogP contribution in [-0.2, 0) is 16.4 Å². The smallest absolute Gasteiger partial charge is 0.250 e. The van der Waals surface area contributed by atoms with Gasteiger partial charge in [0.2, 0.25) is 9.84 Å². The van der Waals surface area contributed by atoms with E-state index in [9.17, 15) is 17.2 Å². The van der Waals surface area contributed by atoms with Crippen LogP contribution in [0.25, 0.3) is 11.0 Å². The standard InChI is InChI=1S/C17H17F2N5O2S/c1-3-24-16-11(8-20-24)15(22-17(23-16)27(2,25)26)21-14-7-10(14)9-4-5-12(18)13(19)6-9/h4-6,8,10,14H,3,7H2,1-2H3,(H,21,22,23)/t10-,14+/m0/s1. The summed E-state index contributed by atoms with van der Waals surface area (Å²) in [4.78, 5) is 8.30. The summed E-state index contributed by atoms with van der Waals surface area (Å²) in [5.74, 6) is -1.40. The van der Waals surface area contributed by atoms with Crippen LogP contribution in [0.1, 0.15) is 24.8 Å². The second-order valence-corrected chi connectivity index (χ2v) is 8.50. The van der Waals surface area contributed by atoms with Crippen LogP contribution < -0.4 is 5.32 Å². The molecule has 1 aliphatic carbocycles. The van der Waals surface area contributed by atoms with E-state index in [-0.39, 0.29) is 17.1 Å². The number of benzene rings is 1. The normalized spacial score (nSPS) is 19.4. The van der Waals surface area contributed by atoms with Crippen molar-refractivity contribution in [3.05, 3.63) is 41.6 Å². The molecule has 0 spiro atoms. The fourth-order valence-electron chi connectivity index (χ4n) is 3.08. The minimum atomic E-state index is -3.61. The summed E-state index contributed by atoms with van der Waals surface area (Å²) >= 11 is 0. The molecule has 2 heterocycles. The monoisotopic (exact) mass is 393 g/mol. The molecule has 0 radical (unpaired) electrons. The van der Waals surface area contributed by atoms with Crippen molar-refractivity contribution in [2.24, 2.45) is 0 Å². The molecule has 0 aliphatic heterocycles. The zero-order valence-corrected chi connectivity index (χ0v) is 15.5. The first-order valence-corrected chi connectivity index (χ1v) is 10.3. The lowest BCUT2D eigenvalue weighted by molar-refractivity contribution is 0.507. The predicted octanol–water partition coefficient (Wildman–Crippen LogP) is 2.50. The lowest BCUT2D eigenvalue weighted by Crippen LogP contribution is -2.12. The van der Waals surface area contributed by atoms with E-state index < -0.39 is 21.5 Å². The number of nitrogens with zero attached hydrogens (tertiary/aromatic N) is 4. The van der Waals surface area contributed by atoms with Crippen molar-refractivity contribution < 1.29 is 17.2 Å². The second-order valence-electron chi connectivity index (χ2n) is 6.59. The second kappa shape index (κ2) is 6.22. The van der Waals surface area contributed by atoms with Gasteiger partial charge in [0.05, 0.1) is 11.6 Å². The molecule has 7 nitrogen and oxygen atoms in total. The molecule has 2 atom stereocenters. The molecule has 0 saturated heterocycles. The van der Waals surface area contributed by atoms with Crippen molar-refractivity contribution in [3.8, 4) is 0 Å². The summed E-state index contributed by atoms with van der Waals surface area (Å²) in [6, 6.07) is 3.78. The fourth-order valence-corrected chi connectivity index (χ4v) is 3.59. The summed E-state index contributed by atoms with van der Waals surface area (Å²) in [6.07, 6.45) is 3.33. The Morgan fingerprint density at radius 3 is 2.70 bits per heavy atom. The summed E-state index contributed by atoms with van der Waals surface area (Å²) in [5, 5.41) is 7.75. The molecule has 1 fully saturated rings. The van der Waals surface area contributed by atoms with Gasteiger partial charge in [-0.15, -0.1) is 0 Å². The molecular weight excluding hydrogens is 376 g/mol. The van der Waals surface area contributed by atoms with Crippen LogP contribution in [-0.4, -0.2) is 40.5 Å². The number of hydrogen-bond acceptors (Lipinski definition) is 6. The zero-order valence-electron chi connectivity index (χ0n) is 14.6. The van der Waals surface area contributed by atoms with Gasteiger partial charge in [0.1, 0.15) is 5.82 Å². The highest BCUT2D eigenvalue weighted by molar-refractivity contribution is 7.90. The quantitative estimate of drug-likeness (QED) is 0.670. The third kappa shape index (κ3) is 3.25. The van der Waals surface area contributed by atoms with E-state index >= 15 is 0 Å². The van der Waals surface area contributed by atoms with Crippen molar-refractivity contribution in [3.63, 3.8) is 0 Å². The maximum atomic E-state index is 13.5. The minimum Gasteiger partial charge on any atom is -0.366 e. The van der Waals surface area contributed by atoms with Gasteiger partial charge in [-0.25, -0.2) is 26.9 Å². The third-order valence-corrected chi connectivity index (χ3v) is 5.44. The largest absolute Gasteiger partial charge is 0.366 e. The van der Waals surface area contributed by atoms with Gasteiger partial charge in [-0.05, 0) is 31.0 Å². The Bertz CT molecular complexity index is 1150. The molecule has 27 heavy (non-hydrogen) atoms. The van der Waals surface area contributed by atoms with E-state index in [0.717, 1.165) is 12.3 Å². The van der Waals surface area contributed by atoms with E-state index in [0.29, 0.717) is 35.4 Å². The van der Waals surface area contributed by atoms with Crippen LogP contribution in [0.4, 0.5) is 14.6 Å². The molecule has 1 saturated carbocycles. The Hall–Kier alpha value is -2.62. The number of sulfone groups is 1. The van der Waals surface area contributed by atoms with Gasteiger partial charge in [-0.1, -0.05) is 6.07 Å². The van der Waals surface area contributed by atoms with E-state index in [1.807, 2.05) is 6.92 Å². The van der Waals surface area contributed by atoms with Crippen LogP contribution in [0.5, 0.6) is 0 Å². The van der Waals surface area contributed by atoms with Gasteiger partial charge in [0, 0.05) is 24.8 Å². The molecule has 3 aromatic rings. The van der Waals surface area contributed by atoms with Crippen LogP contribution >= 0.6 is 0 Å². The van der Waals surface area contributed by atoms with E-state index in [1.165, 1.54) is 6.07 Å². The number of halogens is 2. The van der Waals surface area contributed by atoms with Gasteiger partial charge in [-0.2, -0.15) is 10.1 Å². The Morgan fingerprint density at radius 2 is 2.04 bits per heavy atom. The van der Waals surface area contributed by atoms with Crippen LogP contribution in [0.2, 0.25) is 0 Å². The topological polar surface area (TPSA) is 89.8 Å². The first-order valence-electron chi connectivity index (χ1n) is 8.43. The highest BCUT2D eigenvalue weighted by Gasteiger charge is 2.39. The molecule has 1 N–H and O–H groups in total. The van der Waals surface area contributed by atoms with Crippen molar-refractivity contribution in [1.82, 2.24) is 19.7 Å². The van der Waals surface area contributed by atoms with Crippen LogP contribution in [0.15, 0.2) is 29.6 Å². The van der Waals surface area contributed by atoms with E-state index in [1.54, 1.807) is 16.9 Å². The molecule has 10 heteroatoms.